The third kappa shape index (κ3) is 2.38. The van der Waals surface area contributed by atoms with Crippen LogP contribution in [0.3, 0.4) is 0 Å². The molecule has 5 unspecified atom stereocenters. The summed E-state index contributed by atoms with van der Waals surface area (Å²) in [5.41, 5.74) is -0.291. The first-order valence-electron chi connectivity index (χ1n) is 10.5. The van der Waals surface area contributed by atoms with Gasteiger partial charge in [0.15, 0.2) is 0 Å². The number of hydrogen-bond acceptors (Lipinski definition) is 3. The fraction of sp³-hybridized carbons (Fsp3) is 0.950. The van der Waals surface area contributed by atoms with Crippen molar-refractivity contribution in [3.63, 3.8) is 0 Å². The van der Waals surface area contributed by atoms with Crippen LogP contribution in [0.5, 0.6) is 0 Å². The van der Waals surface area contributed by atoms with Gasteiger partial charge in [0.2, 0.25) is 0 Å². The summed E-state index contributed by atoms with van der Waals surface area (Å²) in [6.45, 7) is 2.29. The highest BCUT2D eigenvalue weighted by Gasteiger charge is 2.65. The fourth-order valence-electron chi connectivity index (χ4n) is 6.88. The van der Waals surface area contributed by atoms with Gasteiger partial charge >= 0.3 is 6.03 Å². The smallest absolute Gasteiger partial charge is 0.317 e. The van der Waals surface area contributed by atoms with Crippen LogP contribution in [0.25, 0.3) is 0 Å². The van der Waals surface area contributed by atoms with Crippen LogP contribution >= 0.6 is 0 Å². The van der Waals surface area contributed by atoms with E-state index in [0.717, 1.165) is 45.3 Å². The van der Waals surface area contributed by atoms with Crippen LogP contribution in [0.4, 0.5) is 4.79 Å². The van der Waals surface area contributed by atoms with E-state index in [1.54, 1.807) is 0 Å². The molecular weight excluding hydrogens is 316 g/mol. The minimum Gasteiger partial charge on any atom is -0.389 e. The summed E-state index contributed by atoms with van der Waals surface area (Å²) in [5, 5.41) is 14.3. The van der Waals surface area contributed by atoms with Gasteiger partial charge in [-0.05, 0) is 38.5 Å². The third-order valence-electron chi connectivity index (χ3n) is 8.28. The number of urea groups is 1. The highest BCUT2D eigenvalue weighted by Crippen LogP contribution is 2.60. The van der Waals surface area contributed by atoms with Gasteiger partial charge < -0.3 is 20.1 Å². The maximum atomic E-state index is 13.0. The summed E-state index contributed by atoms with van der Waals surface area (Å²) in [4.78, 5) is 15.0. The zero-order valence-corrected chi connectivity index (χ0v) is 15.2. The van der Waals surface area contributed by atoms with Crippen molar-refractivity contribution in [2.75, 3.05) is 19.7 Å². The number of nitrogens with zero attached hydrogens (tertiary/aromatic N) is 1. The lowest BCUT2D eigenvalue weighted by Crippen LogP contribution is -2.70. The molecule has 5 rings (SSSR count). The summed E-state index contributed by atoms with van der Waals surface area (Å²) in [7, 11) is 0. The monoisotopic (exact) mass is 348 g/mol. The van der Waals surface area contributed by atoms with E-state index in [4.69, 9.17) is 4.74 Å². The quantitative estimate of drug-likeness (QED) is 0.766. The number of hydrogen-bond donors (Lipinski definition) is 2. The summed E-state index contributed by atoms with van der Waals surface area (Å²) in [6, 6.07) is 0.413. The molecule has 3 aliphatic carbocycles. The first-order chi connectivity index (χ1) is 12.1. The van der Waals surface area contributed by atoms with Crippen molar-refractivity contribution in [2.45, 2.75) is 82.0 Å². The predicted molar refractivity (Wildman–Crippen MR) is 94.2 cm³/mol. The number of carbonyl (C=O) groups is 1. The Bertz CT molecular complexity index is 547. The molecule has 2 amide bonds. The fourth-order valence-corrected chi connectivity index (χ4v) is 6.88. The number of likely N-dealkylation sites (tertiary alicyclic amines) is 1. The van der Waals surface area contributed by atoms with E-state index in [1.165, 1.54) is 32.1 Å². The molecule has 5 fully saturated rings. The van der Waals surface area contributed by atoms with E-state index in [1.807, 2.05) is 4.90 Å². The van der Waals surface area contributed by atoms with Crippen LogP contribution in [0.15, 0.2) is 0 Å². The Labute approximate surface area is 150 Å². The second kappa shape index (κ2) is 5.85. The van der Waals surface area contributed by atoms with Crippen molar-refractivity contribution in [3.8, 4) is 0 Å². The van der Waals surface area contributed by atoms with Crippen LogP contribution in [-0.4, -0.2) is 53.5 Å². The van der Waals surface area contributed by atoms with Gasteiger partial charge in [-0.2, -0.15) is 0 Å². The van der Waals surface area contributed by atoms with Crippen molar-refractivity contribution in [3.05, 3.63) is 0 Å². The van der Waals surface area contributed by atoms with E-state index in [9.17, 15) is 9.90 Å². The van der Waals surface area contributed by atoms with Crippen LogP contribution < -0.4 is 5.32 Å². The van der Waals surface area contributed by atoms with Gasteiger partial charge in [-0.1, -0.05) is 25.7 Å². The van der Waals surface area contributed by atoms with Crippen LogP contribution in [0, 0.1) is 17.3 Å². The van der Waals surface area contributed by atoms with E-state index in [2.05, 4.69) is 5.32 Å². The number of carbonyl (C=O) groups excluding carboxylic acids is 1. The van der Waals surface area contributed by atoms with Crippen molar-refractivity contribution in [1.82, 2.24) is 10.2 Å². The number of ether oxygens (including phenoxy) is 1. The molecule has 5 atom stereocenters. The summed E-state index contributed by atoms with van der Waals surface area (Å²) < 4.78 is 6.03. The minimum absolute atomic E-state index is 0.106. The number of nitrogens with one attached hydrogen (secondary N) is 1. The van der Waals surface area contributed by atoms with E-state index < -0.39 is 5.60 Å². The molecule has 2 saturated heterocycles. The lowest BCUT2D eigenvalue weighted by Gasteiger charge is -2.57. The number of rotatable bonds is 1. The molecule has 0 aromatic heterocycles. The molecule has 2 aliphatic heterocycles. The van der Waals surface area contributed by atoms with E-state index in [-0.39, 0.29) is 17.4 Å². The Morgan fingerprint density at radius 3 is 2.72 bits per heavy atom. The van der Waals surface area contributed by atoms with Crippen molar-refractivity contribution < 1.29 is 14.6 Å². The third-order valence-corrected chi connectivity index (χ3v) is 8.28. The molecule has 0 aromatic carbocycles. The molecule has 0 bridgehead atoms. The van der Waals surface area contributed by atoms with E-state index in [0.29, 0.717) is 24.6 Å². The van der Waals surface area contributed by atoms with Gasteiger partial charge in [-0.3, -0.25) is 0 Å². The number of amides is 2. The molecule has 25 heavy (non-hydrogen) atoms. The average molecular weight is 348 g/mol. The Morgan fingerprint density at radius 1 is 1.08 bits per heavy atom. The van der Waals surface area contributed by atoms with Crippen molar-refractivity contribution in [1.29, 1.82) is 0 Å². The molecular formula is C20H32N2O3. The lowest BCUT2D eigenvalue weighted by atomic mass is 9.54. The van der Waals surface area contributed by atoms with Gasteiger partial charge in [-0.15, -0.1) is 0 Å². The maximum absolute atomic E-state index is 13.0. The van der Waals surface area contributed by atoms with Crippen LogP contribution in [0.1, 0.15) is 64.2 Å². The molecule has 2 heterocycles. The number of fused-ring (bicyclic) bond motifs is 3. The number of piperidine rings is 1. The SMILES string of the molecule is O=C(NC1C2CCOC2C12CCCC2)N1CCC2(O)CCCCC2C1. The molecule has 5 aliphatic rings. The summed E-state index contributed by atoms with van der Waals surface area (Å²) >= 11 is 0. The van der Waals surface area contributed by atoms with Crippen molar-refractivity contribution >= 4 is 6.03 Å². The first-order valence-corrected chi connectivity index (χ1v) is 10.5. The predicted octanol–water partition coefficient (Wildman–Crippen LogP) is 2.67. The van der Waals surface area contributed by atoms with E-state index >= 15 is 0 Å². The van der Waals surface area contributed by atoms with Crippen molar-refractivity contribution in [2.24, 2.45) is 17.3 Å². The largest absolute Gasteiger partial charge is 0.389 e. The standard InChI is InChI=1S/C20H32N2O3/c23-18(22-11-10-20(24)9-2-1-5-14(20)13-22)21-16-15-6-12-25-17(15)19(16)7-3-4-8-19/h14-17,24H,1-13H2,(H,21,23). The topological polar surface area (TPSA) is 61.8 Å². The van der Waals surface area contributed by atoms with Gasteiger partial charge in [0, 0.05) is 43.0 Å². The Kier molecular flexibility index (Phi) is 3.83. The molecule has 2 N–H and O–H groups in total. The summed E-state index contributed by atoms with van der Waals surface area (Å²) in [5.74, 6) is 0.795. The van der Waals surface area contributed by atoms with Crippen LogP contribution in [-0.2, 0) is 4.74 Å². The Morgan fingerprint density at radius 2 is 1.88 bits per heavy atom. The first kappa shape index (κ1) is 16.4. The second-order valence-corrected chi connectivity index (χ2v) is 9.35. The van der Waals surface area contributed by atoms with Gasteiger partial charge in [-0.25, -0.2) is 4.79 Å². The number of aliphatic hydroxyl groups is 1. The molecule has 140 valence electrons. The highest BCUT2D eigenvalue weighted by atomic mass is 16.5. The molecule has 3 saturated carbocycles. The molecule has 5 nitrogen and oxygen atoms in total. The Hall–Kier alpha value is -0.810. The highest BCUT2D eigenvalue weighted by molar-refractivity contribution is 5.75. The van der Waals surface area contributed by atoms with Gasteiger partial charge in [0.05, 0.1) is 11.7 Å². The molecule has 0 radical (unpaired) electrons. The van der Waals surface area contributed by atoms with Gasteiger partial charge in [0.1, 0.15) is 0 Å². The lowest BCUT2D eigenvalue weighted by molar-refractivity contribution is -0.128. The average Bonchev–Trinajstić information content (AvgIpc) is 3.27. The normalized spacial score (nSPS) is 44.9. The second-order valence-electron chi connectivity index (χ2n) is 9.35. The van der Waals surface area contributed by atoms with Crippen LogP contribution in [0.2, 0.25) is 0 Å². The zero-order valence-electron chi connectivity index (χ0n) is 15.2. The van der Waals surface area contributed by atoms with Gasteiger partial charge in [0.25, 0.3) is 0 Å². The zero-order chi connectivity index (χ0) is 17.1. The minimum atomic E-state index is -0.511. The molecule has 5 heteroatoms. The molecule has 1 spiro atoms. The Balaban J connectivity index is 1.26. The molecule has 0 aromatic rings. The summed E-state index contributed by atoms with van der Waals surface area (Å²) in [6.07, 6.45) is 11.5. The maximum Gasteiger partial charge on any atom is 0.317 e.